The Balaban J connectivity index is 1.90. The molecule has 1 heterocycles. The number of hydrogen-bond donors (Lipinski definition) is 1. The van der Waals surface area contributed by atoms with Gasteiger partial charge in [0.1, 0.15) is 0 Å². The van der Waals surface area contributed by atoms with Crippen LogP contribution in [0.5, 0.6) is 0 Å². The molecule has 0 aliphatic heterocycles. The Kier molecular flexibility index (Phi) is 2.36. The average molecular weight is 247 g/mol. The van der Waals surface area contributed by atoms with Gasteiger partial charge in [-0.1, -0.05) is 20.8 Å². The molecule has 2 aliphatic rings. The molecule has 1 N–H and O–H groups in total. The Hall–Kier alpha value is -0.990. The number of anilines is 1. The van der Waals surface area contributed by atoms with Crippen molar-refractivity contribution in [3.8, 4) is 0 Å². The smallest absolute Gasteiger partial charge is 0.0825 e. The zero-order valence-corrected chi connectivity index (χ0v) is 12.2. The van der Waals surface area contributed by atoms with Gasteiger partial charge in [0.2, 0.25) is 0 Å². The van der Waals surface area contributed by atoms with E-state index >= 15 is 0 Å². The maximum Gasteiger partial charge on any atom is 0.0825 e. The molecule has 0 spiro atoms. The number of fused-ring (bicyclic) bond motifs is 2. The second kappa shape index (κ2) is 3.52. The minimum atomic E-state index is 0.398. The van der Waals surface area contributed by atoms with Crippen LogP contribution in [-0.2, 0) is 7.05 Å². The van der Waals surface area contributed by atoms with E-state index in [0.29, 0.717) is 16.9 Å². The quantitative estimate of drug-likeness (QED) is 0.868. The van der Waals surface area contributed by atoms with Crippen LogP contribution in [0.2, 0.25) is 0 Å². The molecule has 18 heavy (non-hydrogen) atoms. The van der Waals surface area contributed by atoms with Gasteiger partial charge >= 0.3 is 0 Å². The topological polar surface area (TPSA) is 29.9 Å². The fraction of sp³-hybridized carbons (Fsp3) is 0.800. The molecule has 3 atom stereocenters. The molecule has 3 nitrogen and oxygen atoms in total. The Labute approximate surface area is 110 Å². The summed E-state index contributed by atoms with van der Waals surface area (Å²) in [6.07, 6.45) is 6.28. The normalized spacial score (nSPS) is 37.2. The molecule has 2 bridgehead atoms. The lowest BCUT2D eigenvalue weighted by Crippen LogP contribution is -2.45. The van der Waals surface area contributed by atoms with Crippen molar-refractivity contribution >= 4 is 5.69 Å². The highest BCUT2D eigenvalue weighted by Gasteiger charge is 2.59. The molecule has 1 unspecified atom stereocenters. The van der Waals surface area contributed by atoms with Crippen molar-refractivity contribution in [3.05, 3.63) is 11.9 Å². The minimum Gasteiger partial charge on any atom is -0.378 e. The summed E-state index contributed by atoms with van der Waals surface area (Å²) in [7, 11) is 1.99. The number of aryl methyl sites for hydroxylation is 2. The van der Waals surface area contributed by atoms with Crippen LogP contribution in [-0.4, -0.2) is 15.8 Å². The van der Waals surface area contributed by atoms with Crippen molar-refractivity contribution in [3.63, 3.8) is 0 Å². The standard InChI is InChI=1S/C15H25N3/c1-10-12(9-18(5)17-10)16-13-14(2,3)11-6-7-15(13,4)8-11/h9,11,13,16H,6-8H2,1-5H3/t11-,13?,15+/m0/s1. The largest absolute Gasteiger partial charge is 0.378 e. The fourth-order valence-corrected chi connectivity index (χ4v) is 4.56. The highest BCUT2D eigenvalue weighted by molar-refractivity contribution is 5.48. The third-order valence-electron chi connectivity index (χ3n) is 5.58. The van der Waals surface area contributed by atoms with Gasteiger partial charge in [0, 0.05) is 19.3 Å². The highest BCUT2D eigenvalue weighted by atomic mass is 15.3. The summed E-state index contributed by atoms with van der Waals surface area (Å²) < 4.78 is 1.90. The average Bonchev–Trinajstić information content (AvgIpc) is 2.83. The predicted octanol–water partition coefficient (Wildman–Crippen LogP) is 3.36. The molecule has 1 aromatic rings. The molecule has 3 rings (SSSR count). The van der Waals surface area contributed by atoms with Crippen LogP contribution in [0.1, 0.15) is 45.7 Å². The molecular formula is C15H25N3. The van der Waals surface area contributed by atoms with Gasteiger partial charge in [0.05, 0.1) is 11.4 Å². The van der Waals surface area contributed by atoms with E-state index in [1.807, 2.05) is 11.7 Å². The van der Waals surface area contributed by atoms with Crippen LogP contribution < -0.4 is 5.32 Å². The summed E-state index contributed by atoms with van der Waals surface area (Å²) in [5.41, 5.74) is 3.19. The zero-order chi connectivity index (χ0) is 13.1. The molecule has 0 saturated heterocycles. The number of nitrogens with one attached hydrogen (secondary N) is 1. The summed E-state index contributed by atoms with van der Waals surface area (Å²) in [6.45, 7) is 9.42. The van der Waals surface area contributed by atoms with Gasteiger partial charge in [0.15, 0.2) is 0 Å². The van der Waals surface area contributed by atoms with E-state index in [2.05, 4.69) is 44.3 Å². The van der Waals surface area contributed by atoms with Crippen molar-refractivity contribution in [2.75, 3.05) is 5.32 Å². The van der Waals surface area contributed by atoms with E-state index in [0.717, 1.165) is 11.6 Å². The molecule has 0 radical (unpaired) electrons. The van der Waals surface area contributed by atoms with E-state index in [1.54, 1.807) is 0 Å². The Morgan fingerprint density at radius 1 is 1.39 bits per heavy atom. The van der Waals surface area contributed by atoms with E-state index in [9.17, 15) is 0 Å². The van der Waals surface area contributed by atoms with Crippen LogP contribution in [0, 0.1) is 23.7 Å². The van der Waals surface area contributed by atoms with Crippen LogP contribution in [0.4, 0.5) is 5.69 Å². The maximum absolute atomic E-state index is 4.44. The molecule has 0 amide bonds. The second-order valence-electron chi connectivity index (χ2n) is 7.29. The van der Waals surface area contributed by atoms with Gasteiger partial charge in [-0.3, -0.25) is 4.68 Å². The lowest BCUT2D eigenvalue weighted by atomic mass is 9.68. The first kappa shape index (κ1) is 12.1. The summed E-state index contributed by atoms with van der Waals surface area (Å²) >= 11 is 0. The van der Waals surface area contributed by atoms with Crippen LogP contribution >= 0.6 is 0 Å². The second-order valence-corrected chi connectivity index (χ2v) is 7.29. The van der Waals surface area contributed by atoms with Gasteiger partial charge in [0.25, 0.3) is 0 Å². The van der Waals surface area contributed by atoms with Crippen LogP contribution in [0.3, 0.4) is 0 Å². The first-order valence-corrected chi connectivity index (χ1v) is 7.10. The number of hydrogen-bond acceptors (Lipinski definition) is 2. The number of aromatic nitrogens is 2. The molecular weight excluding hydrogens is 222 g/mol. The lowest BCUT2D eigenvalue weighted by molar-refractivity contribution is 0.155. The third kappa shape index (κ3) is 1.52. The maximum atomic E-state index is 4.44. The van der Waals surface area contributed by atoms with Gasteiger partial charge in [-0.25, -0.2) is 0 Å². The van der Waals surface area contributed by atoms with E-state index in [-0.39, 0.29) is 0 Å². The molecule has 0 aromatic carbocycles. The first-order valence-electron chi connectivity index (χ1n) is 7.10. The van der Waals surface area contributed by atoms with Crippen LogP contribution in [0.15, 0.2) is 6.20 Å². The minimum absolute atomic E-state index is 0.398. The molecule has 2 fully saturated rings. The highest BCUT2D eigenvalue weighted by Crippen LogP contribution is 2.63. The molecule has 3 heteroatoms. The Morgan fingerprint density at radius 3 is 2.61 bits per heavy atom. The molecule has 1 aromatic heterocycles. The van der Waals surface area contributed by atoms with Crippen molar-refractivity contribution in [2.24, 2.45) is 23.8 Å². The van der Waals surface area contributed by atoms with E-state index in [4.69, 9.17) is 0 Å². The third-order valence-corrected chi connectivity index (χ3v) is 5.58. The van der Waals surface area contributed by atoms with Gasteiger partial charge < -0.3 is 5.32 Å². The number of nitrogens with zero attached hydrogens (tertiary/aromatic N) is 2. The van der Waals surface area contributed by atoms with Gasteiger partial charge in [-0.15, -0.1) is 0 Å². The molecule has 2 aliphatic carbocycles. The molecule has 2 saturated carbocycles. The Morgan fingerprint density at radius 2 is 2.11 bits per heavy atom. The summed E-state index contributed by atoms with van der Waals surface area (Å²) in [6, 6.07) is 0.576. The SMILES string of the molecule is Cc1nn(C)cc1NC1C(C)(C)[C@H]2CC[C@]1(C)C2. The number of rotatable bonds is 2. The van der Waals surface area contributed by atoms with Crippen LogP contribution in [0.25, 0.3) is 0 Å². The van der Waals surface area contributed by atoms with Gasteiger partial charge in [-0.05, 0) is 42.9 Å². The van der Waals surface area contributed by atoms with Crippen molar-refractivity contribution in [2.45, 2.75) is 53.0 Å². The van der Waals surface area contributed by atoms with Crippen molar-refractivity contribution < 1.29 is 0 Å². The summed E-state index contributed by atoms with van der Waals surface area (Å²) in [5, 5.41) is 8.25. The van der Waals surface area contributed by atoms with Gasteiger partial charge in [-0.2, -0.15) is 5.10 Å². The van der Waals surface area contributed by atoms with Crippen molar-refractivity contribution in [1.29, 1.82) is 0 Å². The summed E-state index contributed by atoms with van der Waals surface area (Å²) in [4.78, 5) is 0. The zero-order valence-electron chi connectivity index (χ0n) is 12.2. The first-order chi connectivity index (χ1) is 8.33. The van der Waals surface area contributed by atoms with E-state index < -0.39 is 0 Å². The predicted molar refractivity (Wildman–Crippen MR) is 74.6 cm³/mol. The lowest BCUT2D eigenvalue weighted by Gasteiger charge is -2.43. The summed E-state index contributed by atoms with van der Waals surface area (Å²) in [5.74, 6) is 0.886. The Bertz CT molecular complexity index is 469. The fourth-order valence-electron chi connectivity index (χ4n) is 4.56. The monoisotopic (exact) mass is 247 g/mol. The molecule has 100 valence electrons. The van der Waals surface area contributed by atoms with Crippen molar-refractivity contribution in [1.82, 2.24) is 9.78 Å². The van der Waals surface area contributed by atoms with E-state index in [1.165, 1.54) is 24.9 Å².